The minimum atomic E-state index is -0.225. The van der Waals surface area contributed by atoms with Gasteiger partial charge in [-0.15, -0.1) is 0 Å². The van der Waals surface area contributed by atoms with Gasteiger partial charge < -0.3 is 0 Å². The number of rotatable bonds is 1. The first-order valence-electron chi connectivity index (χ1n) is 10.7. The van der Waals surface area contributed by atoms with Crippen LogP contribution in [-0.4, -0.2) is 0 Å². The molecule has 0 atom stereocenters. The molecule has 1 spiro atoms. The number of fused-ring (bicyclic) bond motifs is 9. The van der Waals surface area contributed by atoms with Gasteiger partial charge in [0.15, 0.2) is 0 Å². The van der Waals surface area contributed by atoms with Gasteiger partial charge in [-0.2, -0.15) is 0 Å². The molecule has 4 aromatic rings. The van der Waals surface area contributed by atoms with Crippen LogP contribution in [0.15, 0.2) is 91.0 Å². The quantitative estimate of drug-likeness (QED) is 0.291. The van der Waals surface area contributed by atoms with E-state index in [4.69, 9.17) is 0 Å². The van der Waals surface area contributed by atoms with Gasteiger partial charge in [0.05, 0.1) is 5.41 Å². The molecule has 2 aliphatic carbocycles. The smallest absolute Gasteiger partial charge is 0.0645 e. The lowest BCUT2D eigenvalue weighted by atomic mass is 9.59. The monoisotopic (exact) mass is 372 g/mol. The van der Waals surface area contributed by atoms with E-state index in [1.165, 1.54) is 50.1 Å². The van der Waals surface area contributed by atoms with Gasteiger partial charge in [0, 0.05) is 5.92 Å². The Morgan fingerprint density at radius 3 is 1.83 bits per heavy atom. The highest BCUT2D eigenvalue weighted by molar-refractivity contribution is 5.88. The van der Waals surface area contributed by atoms with E-state index in [2.05, 4.69) is 105 Å². The summed E-state index contributed by atoms with van der Waals surface area (Å²) >= 11 is 0. The van der Waals surface area contributed by atoms with Gasteiger partial charge in [0.2, 0.25) is 0 Å². The van der Waals surface area contributed by atoms with Crippen molar-refractivity contribution >= 4 is 0 Å². The maximum absolute atomic E-state index is 2.43. The van der Waals surface area contributed by atoms with Crippen LogP contribution in [0.25, 0.3) is 11.1 Å². The van der Waals surface area contributed by atoms with Crippen molar-refractivity contribution in [1.82, 2.24) is 0 Å². The van der Waals surface area contributed by atoms with Crippen LogP contribution in [0.5, 0.6) is 0 Å². The largest absolute Gasteiger partial charge is 0.0719 e. The minimum absolute atomic E-state index is 0.225. The second kappa shape index (κ2) is 5.94. The maximum Gasteiger partial charge on any atom is 0.0719 e. The van der Waals surface area contributed by atoms with Crippen molar-refractivity contribution in [3.8, 4) is 11.1 Å². The second-order valence-corrected chi connectivity index (χ2v) is 8.48. The molecule has 0 unspecified atom stereocenters. The Bertz CT molecular complexity index is 1210. The van der Waals surface area contributed by atoms with Gasteiger partial charge in [-0.25, -0.2) is 0 Å². The summed E-state index contributed by atoms with van der Waals surface area (Å²) in [4.78, 5) is 0. The van der Waals surface area contributed by atoms with Gasteiger partial charge >= 0.3 is 0 Å². The molecule has 0 heteroatoms. The van der Waals surface area contributed by atoms with E-state index in [0.29, 0.717) is 5.92 Å². The van der Waals surface area contributed by atoms with Gasteiger partial charge in [-0.1, -0.05) is 103 Å². The predicted molar refractivity (Wildman–Crippen MR) is 121 cm³/mol. The normalized spacial score (nSPS) is 20.7. The summed E-state index contributed by atoms with van der Waals surface area (Å²) < 4.78 is 0. The second-order valence-electron chi connectivity index (χ2n) is 8.48. The van der Waals surface area contributed by atoms with Crippen LogP contribution in [0.3, 0.4) is 0 Å². The van der Waals surface area contributed by atoms with Crippen molar-refractivity contribution < 1.29 is 0 Å². The van der Waals surface area contributed by atoms with E-state index in [0.717, 1.165) is 6.42 Å². The fourth-order valence-electron chi connectivity index (χ4n) is 6.01. The lowest BCUT2D eigenvalue weighted by Crippen LogP contribution is -2.35. The van der Waals surface area contributed by atoms with E-state index in [1.54, 1.807) is 0 Å². The molecular formula is C29H24. The first-order chi connectivity index (χ1) is 14.3. The summed E-state index contributed by atoms with van der Waals surface area (Å²) in [5.41, 5.74) is 12.6. The number of benzene rings is 4. The Morgan fingerprint density at radius 2 is 1.17 bits per heavy atom. The molecule has 0 fully saturated rings. The molecule has 29 heavy (non-hydrogen) atoms. The molecule has 0 aliphatic heterocycles. The zero-order valence-electron chi connectivity index (χ0n) is 16.9. The van der Waals surface area contributed by atoms with Crippen molar-refractivity contribution in [3.05, 3.63) is 130 Å². The molecule has 0 N–H and O–H groups in total. The number of aryl methyl sites for hydroxylation is 1. The number of hydrogen-bond acceptors (Lipinski definition) is 0. The zero-order valence-corrected chi connectivity index (χ0v) is 16.9. The SMILES string of the molecule is CCC1c2ccccc2C2(c3ccccc3-c3ccc(C)cc32)c2ccccc21. The van der Waals surface area contributed by atoms with Crippen LogP contribution in [-0.2, 0) is 5.41 Å². The van der Waals surface area contributed by atoms with E-state index in [9.17, 15) is 0 Å². The summed E-state index contributed by atoms with van der Waals surface area (Å²) in [6.45, 7) is 4.53. The summed E-state index contributed by atoms with van der Waals surface area (Å²) in [6, 6.07) is 34.4. The Labute approximate surface area is 172 Å². The van der Waals surface area contributed by atoms with E-state index in [1.807, 2.05) is 0 Å². The molecule has 140 valence electrons. The summed E-state index contributed by atoms with van der Waals surface area (Å²) in [5, 5.41) is 0. The van der Waals surface area contributed by atoms with Crippen LogP contribution in [0, 0.1) is 6.92 Å². The topological polar surface area (TPSA) is 0 Å². The van der Waals surface area contributed by atoms with Crippen LogP contribution in [0.1, 0.15) is 58.2 Å². The van der Waals surface area contributed by atoms with Crippen molar-refractivity contribution in [3.63, 3.8) is 0 Å². The lowest BCUT2D eigenvalue weighted by molar-refractivity contribution is 0.648. The first kappa shape index (κ1) is 16.8. The average molecular weight is 373 g/mol. The van der Waals surface area contributed by atoms with Crippen LogP contribution in [0.2, 0.25) is 0 Å². The molecule has 6 rings (SSSR count). The van der Waals surface area contributed by atoms with Crippen LogP contribution >= 0.6 is 0 Å². The van der Waals surface area contributed by atoms with Gasteiger partial charge in [0.1, 0.15) is 0 Å². The zero-order chi connectivity index (χ0) is 19.6. The third-order valence-corrected chi connectivity index (χ3v) is 7.09. The van der Waals surface area contributed by atoms with Crippen molar-refractivity contribution in [2.24, 2.45) is 0 Å². The van der Waals surface area contributed by atoms with E-state index >= 15 is 0 Å². The molecule has 2 aliphatic rings. The van der Waals surface area contributed by atoms with Gasteiger partial charge in [-0.3, -0.25) is 0 Å². The fourth-order valence-corrected chi connectivity index (χ4v) is 6.01. The van der Waals surface area contributed by atoms with E-state index in [-0.39, 0.29) is 5.41 Å². The Kier molecular flexibility index (Phi) is 3.44. The van der Waals surface area contributed by atoms with Crippen molar-refractivity contribution in [1.29, 1.82) is 0 Å². The Morgan fingerprint density at radius 1 is 0.621 bits per heavy atom. The summed E-state index contributed by atoms with van der Waals surface area (Å²) in [7, 11) is 0. The van der Waals surface area contributed by atoms with Gasteiger partial charge in [0.25, 0.3) is 0 Å². The highest BCUT2D eigenvalue weighted by Gasteiger charge is 2.51. The van der Waals surface area contributed by atoms with Crippen LogP contribution < -0.4 is 0 Å². The molecule has 0 radical (unpaired) electrons. The molecule has 0 saturated heterocycles. The molecule has 0 bridgehead atoms. The third-order valence-electron chi connectivity index (χ3n) is 7.09. The molecule has 0 heterocycles. The lowest BCUT2D eigenvalue weighted by Gasteiger charge is -2.43. The van der Waals surface area contributed by atoms with Crippen molar-refractivity contribution in [2.75, 3.05) is 0 Å². The molecular weight excluding hydrogens is 348 g/mol. The highest BCUT2D eigenvalue weighted by Crippen LogP contribution is 2.61. The van der Waals surface area contributed by atoms with Crippen molar-refractivity contribution in [2.45, 2.75) is 31.6 Å². The summed E-state index contributed by atoms with van der Waals surface area (Å²) in [5.74, 6) is 0.453. The first-order valence-corrected chi connectivity index (χ1v) is 10.7. The summed E-state index contributed by atoms with van der Waals surface area (Å²) in [6.07, 6.45) is 1.12. The molecule has 0 nitrogen and oxygen atoms in total. The number of hydrogen-bond donors (Lipinski definition) is 0. The molecule has 0 aromatic heterocycles. The maximum atomic E-state index is 2.43. The Hall–Kier alpha value is -3.12. The highest BCUT2D eigenvalue weighted by atomic mass is 14.5. The fraction of sp³-hybridized carbons (Fsp3) is 0.172. The van der Waals surface area contributed by atoms with Crippen LogP contribution in [0.4, 0.5) is 0 Å². The average Bonchev–Trinajstić information content (AvgIpc) is 3.05. The van der Waals surface area contributed by atoms with E-state index < -0.39 is 0 Å². The third kappa shape index (κ3) is 1.99. The molecule has 0 amide bonds. The van der Waals surface area contributed by atoms with Gasteiger partial charge in [-0.05, 0) is 57.9 Å². The molecule has 4 aromatic carbocycles. The predicted octanol–water partition coefficient (Wildman–Crippen LogP) is 7.21. The molecule has 0 saturated carbocycles. The standard InChI is InChI=1S/C29H24/c1-3-20-21-10-4-7-13-25(21)29(26-14-8-5-11-22(20)26)27-15-9-6-12-23(27)24-17-16-19(2)18-28(24)29/h4-18,20H,3H2,1-2H3. The Balaban J connectivity index is 1.86. The minimum Gasteiger partial charge on any atom is -0.0645 e.